The van der Waals surface area contributed by atoms with Crippen molar-refractivity contribution in [2.24, 2.45) is 0 Å². The quantitative estimate of drug-likeness (QED) is 0.608. The van der Waals surface area contributed by atoms with Gasteiger partial charge < -0.3 is 20.1 Å². The molecule has 29 heavy (non-hydrogen) atoms. The fourth-order valence-corrected chi connectivity index (χ4v) is 2.89. The zero-order valence-electron chi connectivity index (χ0n) is 16.7. The Kier molecular flexibility index (Phi) is 6.63. The predicted octanol–water partition coefficient (Wildman–Crippen LogP) is 3.71. The van der Waals surface area contributed by atoms with Gasteiger partial charge in [0.25, 0.3) is 5.91 Å². The van der Waals surface area contributed by atoms with Crippen molar-refractivity contribution in [1.82, 2.24) is 9.97 Å². The molecule has 150 valence electrons. The van der Waals surface area contributed by atoms with Crippen molar-refractivity contribution in [2.75, 3.05) is 31.4 Å². The summed E-state index contributed by atoms with van der Waals surface area (Å²) in [5.74, 6) is 1.50. The Morgan fingerprint density at radius 1 is 1.03 bits per heavy atom. The van der Waals surface area contributed by atoms with Gasteiger partial charge in [0.05, 0.1) is 19.9 Å². The summed E-state index contributed by atoms with van der Waals surface area (Å²) in [5.41, 5.74) is 2.97. The normalized spacial score (nSPS) is 10.3. The van der Waals surface area contributed by atoms with Crippen LogP contribution in [-0.2, 0) is 6.42 Å². The van der Waals surface area contributed by atoms with Gasteiger partial charge in [-0.1, -0.05) is 24.3 Å². The van der Waals surface area contributed by atoms with Crippen LogP contribution in [0.1, 0.15) is 21.6 Å². The van der Waals surface area contributed by atoms with Crippen molar-refractivity contribution in [3.8, 4) is 11.5 Å². The molecular weight excluding hydrogens is 368 g/mol. The summed E-state index contributed by atoms with van der Waals surface area (Å²) in [7, 11) is 3.22. The minimum atomic E-state index is -0.330. The lowest BCUT2D eigenvalue weighted by atomic mass is 10.1. The molecule has 0 saturated heterocycles. The van der Waals surface area contributed by atoms with Gasteiger partial charge in [-0.2, -0.15) is 0 Å². The fourth-order valence-electron chi connectivity index (χ4n) is 2.89. The summed E-state index contributed by atoms with van der Waals surface area (Å²) in [4.78, 5) is 21.1. The third kappa shape index (κ3) is 5.22. The first-order chi connectivity index (χ1) is 14.1. The first-order valence-electron chi connectivity index (χ1n) is 9.25. The zero-order valence-corrected chi connectivity index (χ0v) is 16.7. The van der Waals surface area contributed by atoms with E-state index in [2.05, 4.69) is 20.6 Å². The molecule has 1 heterocycles. The molecule has 2 aromatic carbocycles. The number of para-hydroxylation sites is 1. The lowest BCUT2D eigenvalue weighted by Crippen LogP contribution is -2.16. The average Bonchev–Trinajstić information content (AvgIpc) is 2.74. The number of nitrogens with zero attached hydrogens (tertiary/aromatic N) is 2. The van der Waals surface area contributed by atoms with Crippen LogP contribution in [0.4, 0.5) is 11.6 Å². The molecular formula is C22H24N4O3. The number of ether oxygens (including phenoxy) is 2. The van der Waals surface area contributed by atoms with Gasteiger partial charge in [-0.25, -0.2) is 9.97 Å². The zero-order chi connectivity index (χ0) is 20.6. The van der Waals surface area contributed by atoms with Crippen molar-refractivity contribution in [3.63, 3.8) is 0 Å². The number of aryl methyl sites for hydroxylation is 1. The second kappa shape index (κ2) is 9.54. The van der Waals surface area contributed by atoms with Crippen molar-refractivity contribution < 1.29 is 14.3 Å². The molecule has 0 radical (unpaired) electrons. The molecule has 0 atom stereocenters. The summed E-state index contributed by atoms with van der Waals surface area (Å²) in [6, 6.07) is 15.0. The predicted molar refractivity (Wildman–Crippen MR) is 113 cm³/mol. The number of hydrogen-bond donors (Lipinski definition) is 2. The Hall–Kier alpha value is -3.61. The van der Waals surface area contributed by atoms with Crippen molar-refractivity contribution in [1.29, 1.82) is 0 Å². The smallest absolute Gasteiger partial charge is 0.274 e. The van der Waals surface area contributed by atoms with E-state index in [9.17, 15) is 4.79 Å². The first kappa shape index (κ1) is 20.1. The molecule has 1 amide bonds. The van der Waals surface area contributed by atoms with E-state index in [0.29, 0.717) is 23.9 Å². The third-order valence-electron chi connectivity index (χ3n) is 4.36. The van der Waals surface area contributed by atoms with Crippen LogP contribution in [0.25, 0.3) is 0 Å². The van der Waals surface area contributed by atoms with Crippen LogP contribution in [0.2, 0.25) is 0 Å². The number of hydrogen-bond acceptors (Lipinski definition) is 6. The summed E-state index contributed by atoms with van der Waals surface area (Å²) in [6.07, 6.45) is 2.30. The molecule has 0 spiro atoms. The van der Waals surface area contributed by atoms with Crippen molar-refractivity contribution >= 4 is 17.5 Å². The summed E-state index contributed by atoms with van der Waals surface area (Å²) in [6.45, 7) is 2.56. The number of aromatic nitrogens is 2. The second-order valence-corrected chi connectivity index (χ2v) is 6.41. The maximum atomic E-state index is 12.6. The topological polar surface area (TPSA) is 85.4 Å². The van der Waals surface area contributed by atoms with Crippen molar-refractivity contribution in [2.45, 2.75) is 13.3 Å². The van der Waals surface area contributed by atoms with Gasteiger partial charge in [0.15, 0.2) is 0 Å². The Morgan fingerprint density at radius 2 is 1.83 bits per heavy atom. The molecule has 1 aromatic heterocycles. The summed E-state index contributed by atoms with van der Waals surface area (Å²) in [5, 5.41) is 6.00. The molecule has 0 saturated carbocycles. The number of nitrogens with one attached hydrogen (secondary N) is 2. The Bertz CT molecular complexity index is 991. The third-order valence-corrected chi connectivity index (χ3v) is 4.36. The van der Waals surface area contributed by atoms with Crippen LogP contribution in [0.3, 0.4) is 0 Å². The molecule has 0 fully saturated rings. The van der Waals surface area contributed by atoms with E-state index in [0.717, 1.165) is 23.3 Å². The van der Waals surface area contributed by atoms with Crippen LogP contribution in [-0.4, -0.2) is 36.6 Å². The van der Waals surface area contributed by atoms with Crippen LogP contribution in [0.15, 0.2) is 54.7 Å². The minimum Gasteiger partial charge on any atom is -0.496 e. The molecule has 0 aliphatic rings. The average molecular weight is 392 g/mol. The Morgan fingerprint density at radius 3 is 2.62 bits per heavy atom. The number of rotatable bonds is 8. The molecule has 0 aliphatic heterocycles. The summed E-state index contributed by atoms with van der Waals surface area (Å²) >= 11 is 0. The lowest BCUT2D eigenvalue weighted by Gasteiger charge is -2.11. The monoisotopic (exact) mass is 392 g/mol. The largest absolute Gasteiger partial charge is 0.496 e. The van der Waals surface area contributed by atoms with Crippen LogP contribution >= 0.6 is 0 Å². The fraction of sp³-hybridized carbons (Fsp3) is 0.227. The van der Waals surface area contributed by atoms with E-state index in [1.165, 1.54) is 0 Å². The standard InChI is InChI=1S/C22H24N4O3/c1-15-8-9-20(29-3)18(14-15)25-21(27)17-11-13-24-22(26-17)23-12-10-16-6-4-5-7-19(16)28-2/h4-9,11,13-14H,10,12H2,1-3H3,(H,25,27)(H,23,24,26). The van der Waals surface area contributed by atoms with Gasteiger partial charge in [0.2, 0.25) is 5.95 Å². The molecule has 0 unspecified atom stereocenters. The number of benzene rings is 2. The second-order valence-electron chi connectivity index (χ2n) is 6.41. The minimum absolute atomic E-state index is 0.267. The molecule has 7 nitrogen and oxygen atoms in total. The summed E-state index contributed by atoms with van der Waals surface area (Å²) < 4.78 is 10.7. The highest BCUT2D eigenvalue weighted by Gasteiger charge is 2.12. The number of carbonyl (C=O) groups excluding carboxylic acids is 1. The van der Waals surface area contributed by atoms with E-state index in [1.807, 2.05) is 49.4 Å². The highest BCUT2D eigenvalue weighted by molar-refractivity contribution is 6.03. The van der Waals surface area contributed by atoms with E-state index >= 15 is 0 Å². The maximum absolute atomic E-state index is 12.6. The molecule has 0 aliphatic carbocycles. The van der Waals surface area contributed by atoms with Gasteiger partial charge in [-0.3, -0.25) is 4.79 Å². The first-order valence-corrected chi connectivity index (χ1v) is 9.25. The van der Waals surface area contributed by atoms with Gasteiger partial charge in [-0.05, 0) is 48.7 Å². The van der Waals surface area contributed by atoms with Crippen LogP contribution in [0.5, 0.6) is 11.5 Å². The highest BCUT2D eigenvalue weighted by Crippen LogP contribution is 2.25. The number of carbonyl (C=O) groups is 1. The van der Waals surface area contributed by atoms with Crippen molar-refractivity contribution in [3.05, 3.63) is 71.5 Å². The van der Waals surface area contributed by atoms with Gasteiger partial charge in [0.1, 0.15) is 17.2 Å². The van der Waals surface area contributed by atoms with Gasteiger partial charge >= 0.3 is 0 Å². The molecule has 7 heteroatoms. The Labute approximate surface area is 170 Å². The van der Waals surface area contributed by atoms with E-state index < -0.39 is 0 Å². The molecule has 0 bridgehead atoms. The van der Waals surface area contributed by atoms with E-state index in [1.54, 1.807) is 26.5 Å². The van der Waals surface area contributed by atoms with Gasteiger partial charge in [-0.15, -0.1) is 0 Å². The lowest BCUT2D eigenvalue weighted by molar-refractivity contribution is 0.102. The van der Waals surface area contributed by atoms with E-state index in [-0.39, 0.29) is 11.6 Å². The molecule has 3 rings (SSSR count). The molecule has 3 aromatic rings. The number of amides is 1. The maximum Gasteiger partial charge on any atom is 0.274 e. The number of methoxy groups -OCH3 is 2. The molecule has 2 N–H and O–H groups in total. The highest BCUT2D eigenvalue weighted by atomic mass is 16.5. The van der Waals surface area contributed by atoms with Crippen LogP contribution < -0.4 is 20.1 Å². The van der Waals surface area contributed by atoms with Crippen LogP contribution in [0, 0.1) is 6.92 Å². The SMILES string of the molecule is COc1ccccc1CCNc1nccc(C(=O)Nc2cc(C)ccc2OC)n1. The Balaban J connectivity index is 1.64. The van der Waals surface area contributed by atoms with Gasteiger partial charge in [0, 0.05) is 12.7 Å². The number of anilines is 2. The van der Waals surface area contributed by atoms with E-state index in [4.69, 9.17) is 9.47 Å².